The monoisotopic (exact) mass is 212 g/mol. The van der Waals surface area contributed by atoms with Gasteiger partial charge in [0, 0.05) is 5.56 Å². The number of halogens is 2. The van der Waals surface area contributed by atoms with E-state index in [1.807, 2.05) is 0 Å². The van der Waals surface area contributed by atoms with E-state index in [4.69, 9.17) is 0 Å². The van der Waals surface area contributed by atoms with E-state index in [1.165, 1.54) is 6.92 Å². The Hall–Kier alpha value is -1.22. The molecule has 0 fully saturated rings. The maximum absolute atomic E-state index is 13.3. The van der Waals surface area contributed by atoms with Crippen LogP contribution in [-0.4, -0.2) is 5.11 Å². The lowest BCUT2D eigenvalue weighted by atomic mass is 9.90. The molecule has 0 radical (unpaired) electrons. The van der Waals surface area contributed by atoms with E-state index in [2.05, 4.69) is 6.58 Å². The highest BCUT2D eigenvalue weighted by atomic mass is 19.1. The van der Waals surface area contributed by atoms with Crippen molar-refractivity contribution < 1.29 is 13.9 Å². The highest BCUT2D eigenvalue weighted by Gasteiger charge is 2.26. The van der Waals surface area contributed by atoms with E-state index in [9.17, 15) is 13.9 Å². The van der Waals surface area contributed by atoms with Gasteiger partial charge < -0.3 is 5.11 Å². The zero-order chi connectivity index (χ0) is 11.5. The first-order valence-electron chi connectivity index (χ1n) is 4.76. The Kier molecular flexibility index (Phi) is 3.58. The van der Waals surface area contributed by atoms with Crippen molar-refractivity contribution in [3.63, 3.8) is 0 Å². The Morgan fingerprint density at radius 1 is 1.47 bits per heavy atom. The zero-order valence-electron chi connectivity index (χ0n) is 8.63. The summed E-state index contributed by atoms with van der Waals surface area (Å²) in [5, 5.41) is 9.97. The zero-order valence-corrected chi connectivity index (χ0v) is 8.63. The first-order valence-corrected chi connectivity index (χ1v) is 4.76. The summed E-state index contributed by atoms with van der Waals surface area (Å²) in [5.74, 6) is -1.14. The molecule has 0 bridgehead atoms. The van der Waals surface area contributed by atoms with Crippen LogP contribution in [0.1, 0.15) is 25.3 Å². The number of aliphatic hydroxyl groups is 1. The predicted octanol–water partition coefficient (Wildman–Crippen LogP) is 3.14. The highest BCUT2D eigenvalue weighted by Crippen LogP contribution is 2.28. The van der Waals surface area contributed by atoms with Crippen LogP contribution in [0.15, 0.2) is 30.9 Å². The topological polar surface area (TPSA) is 20.2 Å². The van der Waals surface area contributed by atoms with Gasteiger partial charge in [-0.05, 0) is 38.0 Å². The summed E-state index contributed by atoms with van der Waals surface area (Å²) in [6, 6.07) is 3.08. The minimum Gasteiger partial charge on any atom is -0.385 e. The fraction of sp³-hybridized carbons (Fsp3) is 0.333. The molecule has 15 heavy (non-hydrogen) atoms. The van der Waals surface area contributed by atoms with Gasteiger partial charge in [-0.15, -0.1) is 6.58 Å². The van der Waals surface area contributed by atoms with Gasteiger partial charge in [-0.2, -0.15) is 0 Å². The number of allylic oxidation sites excluding steroid dienone is 1. The van der Waals surface area contributed by atoms with Gasteiger partial charge in [-0.1, -0.05) is 6.08 Å². The Morgan fingerprint density at radius 2 is 2.13 bits per heavy atom. The molecule has 0 saturated heterocycles. The quantitative estimate of drug-likeness (QED) is 0.760. The van der Waals surface area contributed by atoms with Crippen molar-refractivity contribution >= 4 is 0 Å². The molecule has 0 aromatic heterocycles. The molecule has 1 unspecified atom stereocenters. The number of hydrogen-bond donors (Lipinski definition) is 1. The lowest BCUT2D eigenvalue weighted by Gasteiger charge is -2.23. The fourth-order valence-electron chi connectivity index (χ4n) is 1.43. The maximum atomic E-state index is 13.3. The molecule has 0 amide bonds. The van der Waals surface area contributed by atoms with Crippen LogP contribution in [0, 0.1) is 11.6 Å². The summed E-state index contributed by atoms with van der Waals surface area (Å²) in [6.45, 7) is 4.99. The second-order valence-electron chi connectivity index (χ2n) is 3.73. The standard InChI is InChI=1S/C12H14F2O/c1-3-4-7-12(2,15)10-8-9(13)5-6-11(10)14/h3,5-6,8,15H,1,4,7H2,2H3. The van der Waals surface area contributed by atoms with Crippen LogP contribution in [0.25, 0.3) is 0 Å². The minimum absolute atomic E-state index is 0.00986. The van der Waals surface area contributed by atoms with E-state index >= 15 is 0 Å². The molecule has 1 nitrogen and oxygen atoms in total. The molecule has 1 atom stereocenters. The molecule has 0 spiro atoms. The minimum atomic E-state index is -1.36. The molecule has 0 aliphatic rings. The molecule has 1 aromatic rings. The van der Waals surface area contributed by atoms with Gasteiger partial charge in [0.25, 0.3) is 0 Å². The number of benzene rings is 1. The van der Waals surface area contributed by atoms with E-state index in [1.54, 1.807) is 6.08 Å². The van der Waals surface area contributed by atoms with Gasteiger partial charge in [0.15, 0.2) is 0 Å². The third kappa shape index (κ3) is 2.86. The first kappa shape index (κ1) is 11.9. The van der Waals surface area contributed by atoms with Crippen molar-refractivity contribution in [2.75, 3.05) is 0 Å². The first-order chi connectivity index (χ1) is 6.97. The number of hydrogen-bond acceptors (Lipinski definition) is 1. The van der Waals surface area contributed by atoms with Crippen molar-refractivity contribution in [2.24, 2.45) is 0 Å². The van der Waals surface area contributed by atoms with Crippen molar-refractivity contribution in [3.8, 4) is 0 Å². The second-order valence-corrected chi connectivity index (χ2v) is 3.73. The van der Waals surface area contributed by atoms with Gasteiger partial charge in [0.05, 0.1) is 5.60 Å². The normalized spacial score (nSPS) is 14.7. The van der Waals surface area contributed by atoms with Crippen LogP contribution in [0.3, 0.4) is 0 Å². The van der Waals surface area contributed by atoms with Gasteiger partial charge in [-0.3, -0.25) is 0 Å². The molecule has 3 heteroatoms. The van der Waals surface area contributed by atoms with Crippen LogP contribution in [-0.2, 0) is 5.60 Å². The van der Waals surface area contributed by atoms with Gasteiger partial charge in [0.2, 0.25) is 0 Å². The van der Waals surface area contributed by atoms with E-state index in [-0.39, 0.29) is 5.56 Å². The third-order valence-electron chi connectivity index (χ3n) is 2.34. The lowest BCUT2D eigenvalue weighted by Crippen LogP contribution is -2.22. The Bertz CT molecular complexity index is 359. The molecule has 82 valence electrons. The molecule has 0 heterocycles. The molecule has 1 rings (SSSR count). The summed E-state index contributed by atoms with van der Waals surface area (Å²) in [4.78, 5) is 0. The van der Waals surface area contributed by atoms with Crippen molar-refractivity contribution in [1.82, 2.24) is 0 Å². The Balaban J connectivity index is 3.02. The Labute approximate surface area is 88.1 Å². The third-order valence-corrected chi connectivity index (χ3v) is 2.34. The van der Waals surface area contributed by atoms with Crippen LogP contribution in [0.5, 0.6) is 0 Å². The summed E-state index contributed by atoms with van der Waals surface area (Å²) in [6.07, 6.45) is 2.49. The lowest BCUT2D eigenvalue weighted by molar-refractivity contribution is 0.0447. The van der Waals surface area contributed by atoms with Crippen molar-refractivity contribution in [1.29, 1.82) is 0 Å². The van der Waals surface area contributed by atoms with Crippen LogP contribution >= 0.6 is 0 Å². The molecular formula is C12H14F2O. The predicted molar refractivity (Wildman–Crippen MR) is 55.4 cm³/mol. The summed E-state index contributed by atoms with van der Waals surface area (Å²) < 4.78 is 26.2. The van der Waals surface area contributed by atoms with Crippen molar-refractivity contribution in [3.05, 3.63) is 48.1 Å². The molecule has 1 aromatic carbocycles. The van der Waals surface area contributed by atoms with Gasteiger partial charge in [0.1, 0.15) is 11.6 Å². The molecule has 0 aliphatic heterocycles. The molecule has 0 saturated carbocycles. The molecule has 0 aliphatic carbocycles. The van der Waals surface area contributed by atoms with Gasteiger partial charge in [-0.25, -0.2) is 8.78 Å². The smallest absolute Gasteiger partial charge is 0.129 e. The van der Waals surface area contributed by atoms with Crippen LogP contribution in [0.2, 0.25) is 0 Å². The van der Waals surface area contributed by atoms with E-state index in [0.29, 0.717) is 12.8 Å². The summed E-state index contributed by atoms with van der Waals surface area (Å²) in [7, 11) is 0. The van der Waals surface area contributed by atoms with Gasteiger partial charge >= 0.3 is 0 Å². The van der Waals surface area contributed by atoms with Crippen LogP contribution < -0.4 is 0 Å². The SMILES string of the molecule is C=CCCC(C)(O)c1cc(F)ccc1F. The van der Waals surface area contributed by atoms with E-state index in [0.717, 1.165) is 18.2 Å². The highest BCUT2D eigenvalue weighted by molar-refractivity contribution is 5.24. The van der Waals surface area contributed by atoms with E-state index < -0.39 is 17.2 Å². The second kappa shape index (κ2) is 4.53. The van der Waals surface area contributed by atoms with Crippen LogP contribution in [0.4, 0.5) is 8.78 Å². The number of rotatable bonds is 4. The van der Waals surface area contributed by atoms with Crippen molar-refractivity contribution in [2.45, 2.75) is 25.4 Å². The average Bonchev–Trinajstić information content (AvgIpc) is 2.18. The summed E-state index contributed by atoms with van der Waals surface area (Å²) in [5.41, 5.74) is -1.37. The molecular weight excluding hydrogens is 198 g/mol. The summed E-state index contributed by atoms with van der Waals surface area (Å²) >= 11 is 0. The largest absolute Gasteiger partial charge is 0.385 e. The maximum Gasteiger partial charge on any atom is 0.129 e. The fourth-order valence-corrected chi connectivity index (χ4v) is 1.43. The molecule has 1 N–H and O–H groups in total. The Morgan fingerprint density at radius 3 is 2.73 bits per heavy atom. The average molecular weight is 212 g/mol.